The summed E-state index contributed by atoms with van der Waals surface area (Å²) in [4.78, 5) is 18.3. The van der Waals surface area contributed by atoms with Crippen molar-refractivity contribution in [2.24, 2.45) is 5.92 Å². The lowest BCUT2D eigenvalue weighted by Gasteiger charge is -2.24. The predicted molar refractivity (Wildman–Crippen MR) is 102 cm³/mol. The van der Waals surface area contributed by atoms with Crippen LogP contribution in [0, 0.1) is 5.92 Å². The van der Waals surface area contributed by atoms with Gasteiger partial charge in [-0.3, -0.25) is 9.69 Å². The summed E-state index contributed by atoms with van der Waals surface area (Å²) in [5.41, 5.74) is 2.52. The number of nitrogens with one attached hydrogen (secondary N) is 1. The Kier molecular flexibility index (Phi) is 4.80. The average Bonchev–Trinajstić information content (AvgIpc) is 3.32. The Balaban J connectivity index is 0.00000196. The first-order valence-corrected chi connectivity index (χ1v) is 9.70. The Morgan fingerprint density at radius 3 is 3.04 bits per heavy atom. The van der Waals surface area contributed by atoms with E-state index in [-0.39, 0.29) is 19.5 Å². The number of hydrogen-bond donors (Lipinski definition) is 1. The van der Waals surface area contributed by atoms with Gasteiger partial charge in [0.2, 0.25) is 0 Å². The van der Waals surface area contributed by atoms with E-state index in [1.165, 1.54) is 22.9 Å². The zero-order valence-electron chi connectivity index (χ0n) is 15.0. The summed E-state index contributed by atoms with van der Waals surface area (Å²) in [7, 11) is 0. The van der Waals surface area contributed by atoms with E-state index in [1.54, 1.807) is 0 Å². The molecular formula is C21H30N2O2. The highest BCUT2D eigenvalue weighted by atomic mass is 16.5. The summed E-state index contributed by atoms with van der Waals surface area (Å²) in [5.74, 6) is 0.704. The van der Waals surface area contributed by atoms with Gasteiger partial charge in [-0.15, -0.1) is 0 Å². The molecule has 0 bridgehead atoms. The topological polar surface area (TPSA) is 45.3 Å². The zero-order chi connectivity index (χ0) is 17.2. The van der Waals surface area contributed by atoms with Gasteiger partial charge >= 0.3 is 5.97 Å². The molecule has 3 unspecified atom stereocenters. The number of ether oxygens (including phenoxy) is 1. The number of rotatable bonds is 5. The normalized spacial score (nSPS) is 27.2. The minimum atomic E-state index is -0.0406. The number of aromatic nitrogens is 1. The molecule has 2 heterocycles. The van der Waals surface area contributed by atoms with Crippen molar-refractivity contribution in [3.05, 3.63) is 36.0 Å². The first-order chi connectivity index (χ1) is 12.2. The minimum Gasteiger partial charge on any atom is -0.461 e. The molecule has 4 rings (SSSR count). The number of nitrogens with zero attached hydrogens (tertiary/aromatic N) is 1. The van der Waals surface area contributed by atoms with Crippen LogP contribution in [-0.4, -0.2) is 41.1 Å². The van der Waals surface area contributed by atoms with Crippen molar-refractivity contribution in [1.82, 2.24) is 9.88 Å². The second kappa shape index (κ2) is 7.20. The van der Waals surface area contributed by atoms with E-state index in [9.17, 15) is 4.79 Å². The molecule has 0 amide bonds. The van der Waals surface area contributed by atoms with E-state index in [0.717, 1.165) is 45.2 Å². The van der Waals surface area contributed by atoms with Gasteiger partial charge in [0.1, 0.15) is 12.1 Å². The molecule has 2 aromatic rings. The summed E-state index contributed by atoms with van der Waals surface area (Å²) in [6.07, 6.45) is 8.51. The lowest BCUT2D eigenvalue weighted by Crippen LogP contribution is -2.39. The molecular weight excluding hydrogens is 312 g/mol. The molecule has 1 saturated heterocycles. The number of hydrogen-bond acceptors (Lipinski definition) is 3. The molecule has 0 spiro atoms. The van der Waals surface area contributed by atoms with Crippen molar-refractivity contribution in [2.45, 2.75) is 57.6 Å². The largest absolute Gasteiger partial charge is 0.461 e. The van der Waals surface area contributed by atoms with E-state index in [2.05, 4.69) is 47.3 Å². The smallest absolute Gasteiger partial charge is 0.323 e. The third kappa shape index (κ3) is 3.59. The van der Waals surface area contributed by atoms with E-state index in [1.807, 2.05) is 0 Å². The number of carbonyl (C=O) groups excluding carboxylic acids is 1. The number of carbonyl (C=O) groups is 1. The molecule has 2 aliphatic rings. The van der Waals surface area contributed by atoms with Gasteiger partial charge in [-0.05, 0) is 62.6 Å². The van der Waals surface area contributed by atoms with Gasteiger partial charge < -0.3 is 9.72 Å². The maximum absolute atomic E-state index is 12.6. The Morgan fingerprint density at radius 1 is 1.32 bits per heavy atom. The molecule has 4 nitrogen and oxygen atoms in total. The fraction of sp³-hybridized carbons (Fsp3) is 0.571. The molecule has 1 aliphatic heterocycles. The summed E-state index contributed by atoms with van der Waals surface area (Å²) >= 11 is 0. The number of esters is 1. The van der Waals surface area contributed by atoms with Gasteiger partial charge in [0, 0.05) is 25.1 Å². The molecule has 4 heteroatoms. The highest BCUT2D eigenvalue weighted by molar-refractivity contribution is 5.83. The zero-order valence-corrected chi connectivity index (χ0v) is 15.0. The quantitative estimate of drug-likeness (QED) is 0.830. The molecule has 1 N–H and O–H groups in total. The molecule has 2 fully saturated rings. The van der Waals surface area contributed by atoms with Gasteiger partial charge in [0.25, 0.3) is 0 Å². The van der Waals surface area contributed by atoms with Crippen molar-refractivity contribution < 1.29 is 11.0 Å². The van der Waals surface area contributed by atoms with Crippen LogP contribution in [0.3, 0.4) is 0 Å². The highest BCUT2D eigenvalue weighted by Gasteiger charge is 2.34. The Labute approximate surface area is 151 Å². The molecule has 1 aromatic carbocycles. The molecule has 1 aliphatic carbocycles. The number of likely N-dealkylation sites (tertiary alicyclic amines) is 1. The Morgan fingerprint density at radius 2 is 2.20 bits per heavy atom. The summed E-state index contributed by atoms with van der Waals surface area (Å²) in [5, 5.41) is 1.29. The van der Waals surface area contributed by atoms with Crippen LogP contribution in [0.5, 0.6) is 0 Å². The van der Waals surface area contributed by atoms with Crippen LogP contribution in [0.25, 0.3) is 10.9 Å². The molecule has 3 atom stereocenters. The third-order valence-electron chi connectivity index (χ3n) is 5.91. The van der Waals surface area contributed by atoms with Crippen LogP contribution in [-0.2, 0) is 16.0 Å². The van der Waals surface area contributed by atoms with Gasteiger partial charge in [-0.2, -0.15) is 0 Å². The lowest BCUT2D eigenvalue weighted by atomic mass is 10.1. The van der Waals surface area contributed by atoms with Gasteiger partial charge in [-0.1, -0.05) is 25.1 Å². The lowest BCUT2D eigenvalue weighted by molar-refractivity contribution is -0.154. The standard InChI is InChI=1S/C21H28N2O2.H2/c1-15-8-9-17(13-15)25-21(24)20-7-4-11-23(20)12-10-16-14-22-19-6-3-2-5-18(16)19;/h2-3,5-6,14-15,17,20,22H,4,7-13H2,1H3;1H. The summed E-state index contributed by atoms with van der Waals surface area (Å²) in [6.45, 7) is 4.17. The number of aromatic amines is 1. The van der Waals surface area contributed by atoms with Crippen molar-refractivity contribution in [1.29, 1.82) is 0 Å². The molecule has 1 saturated carbocycles. The van der Waals surface area contributed by atoms with Crippen LogP contribution in [0.1, 0.15) is 46.0 Å². The SMILES string of the molecule is CC1CCC(OC(=O)C2CCCN2CCc2c[nH]c3ccccc23)C1.[HH]. The van der Waals surface area contributed by atoms with E-state index < -0.39 is 0 Å². The number of H-pyrrole nitrogens is 1. The van der Waals surface area contributed by atoms with Crippen LogP contribution >= 0.6 is 0 Å². The monoisotopic (exact) mass is 342 g/mol. The summed E-state index contributed by atoms with van der Waals surface area (Å²) < 4.78 is 5.82. The number of benzene rings is 1. The maximum atomic E-state index is 12.6. The fourth-order valence-electron chi connectivity index (χ4n) is 4.47. The van der Waals surface area contributed by atoms with Crippen LogP contribution in [0.15, 0.2) is 30.5 Å². The third-order valence-corrected chi connectivity index (χ3v) is 5.91. The van der Waals surface area contributed by atoms with Crippen molar-refractivity contribution in [3.63, 3.8) is 0 Å². The second-order valence-electron chi connectivity index (χ2n) is 7.78. The summed E-state index contributed by atoms with van der Waals surface area (Å²) in [6, 6.07) is 8.37. The van der Waals surface area contributed by atoms with Gasteiger partial charge in [0.05, 0.1) is 0 Å². The Hall–Kier alpha value is -1.81. The van der Waals surface area contributed by atoms with Crippen molar-refractivity contribution in [2.75, 3.05) is 13.1 Å². The van der Waals surface area contributed by atoms with E-state index >= 15 is 0 Å². The first-order valence-electron chi connectivity index (χ1n) is 9.70. The van der Waals surface area contributed by atoms with Gasteiger partial charge in [-0.25, -0.2) is 0 Å². The van der Waals surface area contributed by atoms with Crippen molar-refractivity contribution in [3.8, 4) is 0 Å². The van der Waals surface area contributed by atoms with E-state index in [0.29, 0.717) is 5.92 Å². The molecule has 136 valence electrons. The first kappa shape index (κ1) is 16.6. The number of para-hydroxylation sites is 1. The maximum Gasteiger partial charge on any atom is 0.323 e. The van der Waals surface area contributed by atoms with Crippen molar-refractivity contribution >= 4 is 16.9 Å². The van der Waals surface area contributed by atoms with Crippen LogP contribution in [0.2, 0.25) is 0 Å². The average molecular weight is 342 g/mol. The van der Waals surface area contributed by atoms with Crippen LogP contribution < -0.4 is 0 Å². The van der Waals surface area contributed by atoms with Gasteiger partial charge in [0.15, 0.2) is 0 Å². The number of fused-ring (bicyclic) bond motifs is 1. The van der Waals surface area contributed by atoms with Crippen LogP contribution in [0.4, 0.5) is 0 Å². The van der Waals surface area contributed by atoms with E-state index in [4.69, 9.17) is 4.74 Å². The molecule has 0 radical (unpaired) electrons. The Bertz CT molecular complexity index is 744. The highest BCUT2D eigenvalue weighted by Crippen LogP contribution is 2.29. The minimum absolute atomic E-state index is 0. The second-order valence-corrected chi connectivity index (χ2v) is 7.78. The predicted octanol–water partition coefficient (Wildman–Crippen LogP) is 4.15. The molecule has 1 aromatic heterocycles. The fourth-order valence-corrected chi connectivity index (χ4v) is 4.47. The molecule has 25 heavy (non-hydrogen) atoms.